The van der Waals surface area contributed by atoms with Gasteiger partial charge < -0.3 is 14.6 Å². The number of hydrogen-bond acceptors (Lipinski definition) is 6. The molecule has 4 rings (SSSR count). The van der Waals surface area contributed by atoms with Crippen molar-refractivity contribution in [2.24, 2.45) is 0 Å². The quantitative estimate of drug-likeness (QED) is 0.853. The van der Waals surface area contributed by atoms with Crippen molar-refractivity contribution in [1.29, 1.82) is 0 Å². The van der Waals surface area contributed by atoms with Gasteiger partial charge in [0.15, 0.2) is 11.9 Å². The van der Waals surface area contributed by atoms with Crippen molar-refractivity contribution < 1.29 is 14.6 Å². The fourth-order valence-corrected chi connectivity index (χ4v) is 3.27. The Morgan fingerprint density at radius 1 is 1.48 bits per heavy atom. The van der Waals surface area contributed by atoms with Gasteiger partial charge in [-0.1, -0.05) is 22.9 Å². The maximum atomic E-state index is 10.9. The van der Waals surface area contributed by atoms with E-state index in [1.807, 2.05) is 19.1 Å². The number of nitrogens with zero attached hydrogens (tertiary/aromatic N) is 4. The monoisotopic (exact) mass is 336 g/mol. The van der Waals surface area contributed by atoms with E-state index in [0.29, 0.717) is 30.4 Å². The molecule has 4 heterocycles. The number of hydrogen-bond donors (Lipinski definition) is 1. The molecular weight excluding hydrogens is 320 g/mol. The molecule has 0 aliphatic carbocycles. The highest BCUT2D eigenvalue weighted by atomic mass is 35.5. The lowest BCUT2D eigenvalue weighted by molar-refractivity contribution is -0.219. The van der Waals surface area contributed by atoms with Gasteiger partial charge in [-0.2, -0.15) is 0 Å². The van der Waals surface area contributed by atoms with E-state index < -0.39 is 11.9 Å². The lowest BCUT2D eigenvalue weighted by Gasteiger charge is -2.34. The van der Waals surface area contributed by atoms with Gasteiger partial charge >= 0.3 is 0 Å². The van der Waals surface area contributed by atoms with E-state index in [-0.39, 0.29) is 6.10 Å². The summed E-state index contributed by atoms with van der Waals surface area (Å²) >= 11 is 6.15. The molecule has 1 N–H and O–H groups in total. The zero-order valence-corrected chi connectivity index (χ0v) is 13.4. The third-order valence-electron chi connectivity index (χ3n) is 4.37. The van der Waals surface area contributed by atoms with Crippen molar-refractivity contribution in [1.82, 2.24) is 20.0 Å². The van der Waals surface area contributed by atoms with Crippen LogP contribution in [-0.2, 0) is 21.6 Å². The van der Waals surface area contributed by atoms with E-state index in [1.54, 1.807) is 10.9 Å². The molecule has 7 nitrogen and oxygen atoms in total. The third-order valence-corrected chi connectivity index (χ3v) is 4.69. The third kappa shape index (κ3) is 2.63. The number of pyridine rings is 1. The van der Waals surface area contributed by atoms with Gasteiger partial charge in [-0.25, -0.2) is 9.67 Å². The van der Waals surface area contributed by atoms with Crippen molar-refractivity contribution in [2.45, 2.75) is 44.3 Å². The summed E-state index contributed by atoms with van der Waals surface area (Å²) in [5, 5.41) is 19.5. The molecule has 122 valence electrons. The Hall–Kier alpha value is -1.54. The van der Waals surface area contributed by atoms with Crippen LogP contribution in [0.4, 0.5) is 0 Å². The molecule has 2 bridgehead atoms. The molecule has 0 aromatic carbocycles. The molecule has 23 heavy (non-hydrogen) atoms. The Morgan fingerprint density at radius 2 is 2.35 bits per heavy atom. The molecule has 1 unspecified atom stereocenters. The van der Waals surface area contributed by atoms with Crippen molar-refractivity contribution in [2.75, 3.05) is 6.61 Å². The number of rotatable bonds is 3. The fourth-order valence-electron chi connectivity index (χ4n) is 3.02. The zero-order valence-electron chi connectivity index (χ0n) is 12.6. The van der Waals surface area contributed by atoms with E-state index in [4.69, 9.17) is 21.1 Å². The molecule has 8 heteroatoms. The average Bonchev–Trinajstić information content (AvgIpc) is 3.15. The lowest BCUT2D eigenvalue weighted by Crippen LogP contribution is -2.44. The van der Waals surface area contributed by atoms with Crippen LogP contribution in [0.1, 0.15) is 29.8 Å². The van der Waals surface area contributed by atoms with Crippen LogP contribution in [0, 0.1) is 6.92 Å². The molecule has 2 fully saturated rings. The highest BCUT2D eigenvalue weighted by Crippen LogP contribution is 2.40. The van der Waals surface area contributed by atoms with Crippen LogP contribution in [0.5, 0.6) is 0 Å². The summed E-state index contributed by atoms with van der Waals surface area (Å²) in [7, 11) is 0. The minimum atomic E-state index is -1.25. The van der Waals surface area contributed by atoms with Gasteiger partial charge in [0.25, 0.3) is 0 Å². The molecule has 2 aromatic rings. The second kappa shape index (κ2) is 5.52. The van der Waals surface area contributed by atoms with Crippen LogP contribution in [-0.4, -0.2) is 44.1 Å². The molecule has 0 spiro atoms. The molecule has 2 saturated heterocycles. The number of ether oxygens (including phenoxy) is 2. The van der Waals surface area contributed by atoms with Gasteiger partial charge in [0.05, 0.1) is 25.5 Å². The van der Waals surface area contributed by atoms with Crippen molar-refractivity contribution in [3.8, 4) is 0 Å². The van der Waals surface area contributed by atoms with Gasteiger partial charge in [-0.3, -0.25) is 0 Å². The Labute approximate surface area is 138 Å². The van der Waals surface area contributed by atoms with Crippen LogP contribution < -0.4 is 0 Å². The molecular formula is C15H17ClN4O3. The summed E-state index contributed by atoms with van der Waals surface area (Å²) in [5.74, 6) is 0. The largest absolute Gasteiger partial charge is 0.378 e. The van der Waals surface area contributed by atoms with E-state index in [1.165, 1.54) is 0 Å². The minimum absolute atomic E-state index is 0.0766. The lowest BCUT2D eigenvalue weighted by atomic mass is 9.90. The van der Waals surface area contributed by atoms with E-state index >= 15 is 0 Å². The zero-order chi connectivity index (χ0) is 16.0. The first-order valence-corrected chi connectivity index (χ1v) is 7.94. The first-order chi connectivity index (χ1) is 11.0. The Bertz CT molecular complexity index is 737. The van der Waals surface area contributed by atoms with E-state index in [2.05, 4.69) is 15.3 Å². The summed E-state index contributed by atoms with van der Waals surface area (Å²) in [6, 6.07) is 3.81. The smallest absolute Gasteiger partial charge is 0.192 e. The maximum absolute atomic E-state index is 10.9. The van der Waals surface area contributed by atoms with Gasteiger partial charge in [-0.05, 0) is 25.8 Å². The molecule has 2 aromatic heterocycles. The van der Waals surface area contributed by atoms with Crippen molar-refractivity contribution >= 4 is 11.6 Å². The fraction of sp³-hybridized carbons (Fsp3) is 0.533. The summed E-state index contributed by atoms with van der Waals surface area (Å²) in [6.07, 6.45) is 2.41. The summed E-state index contributed by atoms with van der Waals surface area (Å²) < 4.78 is 12.8. The summed E-state index contributed by atoms with van der Waals surface area (Å²) in [5.41, 5.74) is 0.914. The minimum Gasteiger partial charge on any atom is -0.378 e. The molecule has 3 atom stereocenters. The maximum Gasteiger partial charge on any atom is 0.192 e. The van der Waals surface area contributed by atoms with Gasteiger partial charge in [0.1, 0.15) is 10.8 Å². The molecule has 2 aliphatic heterocycles. The predicted octanol–water partition coefficient (Wildman–Crippen LogP) is 1.41. The standard InChI is InChI=1S/C15H17ClN4O3/c1-9-2-3-10(13(16)17-9)6-20-7-12(18-19-20)15(21)5-4-11-8-22-14(15)23-11/h2-3,7,11,14,21H,4-6,8H2,1H3/t11-,14+,15?/m0/s1. The molecule has 0 amide bonds. The first kappa shape index (κ1) is 15.0. The summed E-state index contributed by atoms with van der Waals surface area (Å²) in [4.78, 5) is 4.23. The Morgan fingerprint density at radius 3 is 3.17 bits per heavy atom. The van der Waals surface area contributed by atoms with Crippen molar-refractivity contribution in [3.05, 3.63) is 40.4 Å². The van der Waals surface area contributed by atoms with Crippen molar-refractivity contribution in [3.63, 3.8) is 0 Å². The van der Waals surface area contributed by atoms with E-state index in [0.717, 1.165) is 17.7 Å². The van der Waals surface area contributed by atoms with Crippen LogP contribution in [0.15, 0.2) is 18.3 Å². The van der Waals surface area contributed by atoms with Crippen LogP contribution >= 0.6 is 11.6 Å². The second-order valence-electron chi connectivity index (χ2n) is 6.09. The number of aliphatic hydroxyl groups is 1. The van der Waals surface area contributed by atoms with Gasteiger partial charge in [-0.15, -0.1) is 5.10 Å². The Balaban J connectivity index is 1.57. The predicted molar refractivity (Wildman–Crippen MR) is 80.9 cm³/mol. The first-order valence-electron chi connectivity index (χ1n) is 7.57. The molecule has 0 radical (unpaired) electrons. The van der Waals surface area contributed by atoms with Gasteiger partial charge in [0.2, 0.25) is 0 Å². The number of aromatic nitrogens is 4. The SMILES string of the molecule is Cc1ccc(Cn2cc(C3(O)CC[C@H]4CO[C@@H]3O4)nn2)c(Cl)n1. The van der Waals surface area contributed by atoms with E-state index in [9.17, 15) is 5.11 Å². The molecule has 2 aliphatic rings. The number of aryl methyl sites for hydroxylation is 1. The number of fused-ring (bicyclic) bond motifs is 2. The average molecular weight is 337 g/mol. The van der Waals surface area contributed by atoms with Crippen LogP contribution in [0.3, 0.4) is 0 Å². The second-order valence-corrected chi connectivity index (χ2v) is 6.45. The summed E-state index contributed by atoms with van der Waals surface area (Å²) in [6.45, 7) is 2.84. The normalized spacial score (nSPS) is 29.9. The topological polar surface area (TPSA) is 82.3 Å². The van der Waals surface area contributed by atoms with Crippen LogP contribution in [0.25, 0.3) is 0 Å². The van der Waals surface area contributed by atoms with Crippen LogP contribution in [0.2, 0.25) is 5.15 Å². The molecule has 0 saturated carbocycles. The Kier molecular flexibility index (Phi) is 3.60. The van der Waals surface area contributed by atoms with Gasteiger partial charge in [0, 0.05) is 11.3 Å². The highest BCUT2D eigenvalue weighted by molar-refractivity contribution is 6.30. The number of halogens is 1. The highest BCUT2D eigenvalue weighted by Gasteiger charge is 2.51.